The van der Waals surface area contributed by atoms with E-state index < -0.39 is 23.9 Å². The lowest BCUT2D eigenvalue weighted by atomic mass is 9.75. The van der Waals surface area contributed by atoms with Crippen molar-refractivity contribution >= 4 is 22.7 Å². The summed E-state index contributed by atoms with van der Waals surface area (Å²) in [7, 11) is 0. The molecule has 2 aromatic rings. The van der Waals surface area contributed by atoms with Gasteiger partial charge in [-0.15, -0.1) is 0 Å². The van der Waals surface area contributed by atoms with Crippen molar-refractivity contribution in [2.75, 3.05) is 0 Å². The van der Waals surface area contributed by atoms with Crippen molar-refractivity contribution in [3.8, 4) is 11.5 Å². The van der Waals surface area contributed by atoms with Crippen LogP contribution in [0.3, 0.4) is 0 Å². The topological polar surface area (TPSA) is 115 Å². The van der Waals surface area contributed by atoms with Gasteiger partial charge in [0.05, 0.1) is 17.2 Å². The zero-order chi connectivity index (χ0) is 18.3. The summed E-state index contributed by atoms with van der Waals surface area (Å²) in [5.41, 5.74) is 2.48. The maximum Gasteiger partial charge on any atom is 0.196 e. The van der Waals surface area contributed by atoms with Gasteiger partial charge in [0.1, 0.15) is 17.6 Å². The van der Waals surface area contributed by atoms with Crippen LogP contribution in [0.15, 0.2) is 30.3 Å². The molecule has 4 N–H and O–H groups in total. The molecule has 3 aliphatic carbocycles. The Morgan fingerprint density at radius 1 is 0.846 bits per heavy atom. The van der Waals surface area contributed by atoms with Gasteiger partial charge in [0.2, 0.25) is 0 Å². The summed E-state index contributed by atoms with van der Waals surface area (Å²) in [6, 6.07) is 7.56. The minimum absolute atomic E-state index is 0.0152. The van der Waals surface area contributed by atoms with Gasteiger partial charge in [0, 0.05) is 12.3 Å². The van der Waals surface area contributed by atoms with Crippen molar-refractivity contribution in [3.63, 3.8) is 0 Å². The quantitative estimate of drug-likeness (QED) is 0.574. The van der Waals surface area contributed by atoms with Gasteiger partial charge in [0.15, 0.2) is 11.6 Å². The fraction of sp³-hybridized carbons (Fsp3) is 0.200. The van der Waals surface area contributed by atoms with Gasteiger partial charge in [-0.2, -0.15) is 0 Å². The summed E-state index contributed by atoms with van der Waals surface area (Å²) in [6.07, 6.45) is -2.74. The zero-order valence-corrected chi connectivity index (χ0v) is 13.4. The fourth-order valence-electron chi connectivity index (χ4n) is 4.59. The number of Topliss-reactive ketones (excluding diaryl/α,β-unsaturated/α-hetero) is 2. The van der Waals surface area contributed by atoms with E-state index in [1.54, 1.807) is 18.2 Å². The number of aliphatic hydroxyl groups is 2. The molecule has 130 valence electrons. The minimum Gasteiger partial charge on any atom is -0.507 e. The van der Waals surface area contributed by atoms with Crippen LogP contribution in [0.1, 0.15) is 49.7 Å². The average molecular weight is 350 g/mol. The Morgan fingerprint density at radius 2 is 1.58 bits per heavy atom. The predicted molar refractivity (Wildman–Crippen MR) is 91.1 cm³/mol. The summed E-state index contributed by atoms with van der Waals surface area (Å²) in [6.45, 7) is 0. The van der Waals surface area contributed by atoms with Gasteiger partial charge in [-0.3, -0.25) is 9.59 Å². The highest BCUT2D eigenvalue weighted by Crippen LogP contribution is 2.57. The Kier molecular flexibility index (Phi) is 2.83. The van der Waals surface area contributed by atoms with Crippen LogP contribution in [0.4, 0.5) is 0 Å². The molecule has 1 unspecified atom stereocenters. The van der Waals surface area contributed by atoms with Crippen LogP contribution in [0.5, 0.6) is 11.5 Å². The van der Waals surface area contributed by atoms with E-state index in [1.165, 1.54) is 12.1 Å². The number of rotatable bonds is 0. The summed E-state index contributed by atoms with van der Waals surface area (Å²) in [5.74, 6) is -2.16. The molecule has 3 aliphatic rings. The fourth-order valence-corrected chi connectivity index (χ4v) is 4.59. The molecule has 0 amide bonds. The first-order valence-electron chi connectivity index (χ1n) is 8.28. The van der Waals surface area contributed by atoms with Crippen LogP contribution in [0, 0.1) is 0 Å². The summed E-state index contributed by atoms with van der Waals surface area (Å²) in [4.78, 5) is 25.1. The molecule has 0 aliphatic heterocycles. The number of aliphatic hydroxyl groups excluding tert-OH is 2. The number of ketones is 2. The number of hydrogen-bond acceptors (Lipinski definition) is 6. The second kappa shape index (κ2) is 4.81. The smallest absolute Gasteiger partial charge is 0.196 e. The van der Waals surface area contributed by atoms with E-state index in [0.717, 1.165) is 0 Å². The number of phenolic OH excluding ortho intramolecular Hbond substituents is 2. The number of hydrogen-bond donors (Lipinski definition) is 4. The van der Waals surface area contributed by atoms with Crippen molar-refractivity contribution < 1.29 is 30.0 Å². The molecule has 0 aromatic heterocycles. The van der Waals surface area contributed by atoms with Crippen molar-refractivity contribution in [2.45, 2.75) is 24.5 Å². The van der Waals surface area contributed by atoms with E-state index in [-0.39, 0.29) is 34.8 Å². The third-order valence-corrected chi connectivity index (χ3v) is 5.58. The van der Waals surface area contributed by atoms with Crippen molar-refractivity contribution in [1.82, 2.24) is 0 Å². The monoisotopic (exact) mass is 350 g/mol. The van der Waals surface area contributed by atoms with Gasteiger partial charge in [0.25, 0.3) is 0 Å². The summed E-state index contributed by atoms with van der Waals surface area (Å²) in [5, 5.41) is 41.6. The molecule has 0 bridgehead atoms. The average Bonchev–Trinajstić information content (AvgIpc) is 2.94. The van der Waals surface area contributed by atoms with Crippen LogP contribution < -0.4 is 0 Å². The molecule has 0 spiro atoms. The first kappa shape index (κ1) is 15.3. The first-order valence-corrected chi connectivity index (χ1v) is 8.28. The first-order chi connectivity index (χ1) is 12.4. The highest BCUT2D eigenvalue weighted by molar-refractivity contribution is 6.20. The Morgan fingerprint density at radius 3 is 2.35 bits per heavy atom. The zero-order valence-electron chi connectivity index (χ0n) is 13.4. The highest BCUT2D eigenvalue weighted by atomic mass is 16.3. The maximum atomic E-state index is 12.7. The highest BCUT2D eigenvalue weighted by Gasteiger charge is 2.50. The Hall–Kier alpha value is -2.96. The molecule has 0 radical (unpaired) electrons. The van der Waals surface area contributed by atoms with Crippen LogP contribution in [0.2, 0.25) is 0 Å². The standard InChI is InChI=1S/C20H14O6/c21-9-3-1-2-7-13(9)19(25)20(26)16-8-4-5-10(22)17-11(23)6-12(24)18(14(7)16)15(8)17/h1-5,12,16,20-22,24,26H,6H2/t12?,16-,20+/m1/s1. The van der Waals surface area contributed by atoms with E-state index in [9.17, 15) is 30.0 Å². The number of fused-ring (bicyclic) bond motifs is 4. The lowest BCUT2D eigenvalue weighted by molar-refractivity contribution is 0.0713. The van der Waals surface area contributed by atoms with E-state index in [1.807, 2.05) is 0 Å². The van der Waals surface area contributed by atoms with Crippen LogP contribution in [0.25, 0.3) is 11.1 Å². The van der Waals surface area contributed by atoms with Gasteiger partial charge >= 0.3 is 0 Å². The van der Waals surface area contributed by atoms with E-state index >= 15 is 0 Å². The van der Waals surface area contributed by atoms with Crippen molar-refractivity contribution in [2.24, 2.45) is 0 Å². The number of carbonyl (C=O) groups is 2. The number of benzene rings is 2. The Bertz CT molecular complexity index is 1060. The van der Waals surface area contributed by atoms with Crippen LogP contribution in [-0.2, 0) is 0 Å². The van der Waals surface area contributed by atoms with E-state index in [4.69, 9.17) is 0 Å². The van der Waals surface area contributed by atoms with Gasteiger partial charge in [-0.05, 0) is 40.0 Å². The molecule has 0 fully saturated rings. The molecule has 2 aromatic carbocycles. The van der Waals surface area contributed by atoms with Crippen molar-refractivity contribution in [1.29, 1.82) is 0 Å². The maximum absolute atomic E-state index is 12.7. The molecular weight excluding hydrogens is 336 g/mol. The molecule has 5 rings (SSSR count). The second-order valence-electron chi connectivity index (χ2n) is 6.88. The third-order valence-electron chi connectivity index (χ3n) is 5.58. The molecule has 26 heavy (non-hydrogen) atoms. The number of phenols is 2. The summed E-state index contributed by atoms with van der Waals surface area (Å²) >= 11 is 0. The predicted octanol–water partition coefficient (Wildman–Crippen LogP) is 1.61. The molecule has 0 saturated heterocycles. The SMILES string of the molecule is O=C1CC(O)C2=C3c4cccc(O)c4C(=O)[C@@H](O)[C@@H]3c3ccc(O)c1c32. The largest absolute Gasteiger partial charge is 0.507 e. The minimum atomic E-state index is -1.44. The third kappa shape index (κ3) is 1.63. The van der Waals surface area contributed by atoms with Gasteiger partial charge in [-0.1, -0.05) is 18.2 Å². The van der Waals surface area contributed by atoms with Crippen LogP contribution >= 0.6 is 0 Å². The Balaban J connectivity index is 1.95. The number of aromatic hydroxyl groups is 2. The summed E-state index contributed by atoms with van der Waals surface area (Å²) < 4.78 is 0. The molecule has 3 atom stereocenters. The van der Waals surface area contributed by atoms with E-state index in [0.29, 0.717) is 27.8 Å². The molecule has 0 saturated carbocycles. The van der Waals surface area contributed by atoms with Crippen molar-refractivity contribution in [3.05, 3.63) is 58.1 Å². The van der Waals surface area contributed by atoms with Crippen LogP contribution in [-0.4, -0.2) is 44.2 Å². The van der Waals surface area contributed by atoms with Gasteiger partial charge in [-0.25, -0.2) is 0 Å². The normalized spacial score (nSPS) is 25.8. The molecule has 0 heterocycles. The second-order valence-corrected chi connectivity index (χ2v) is 6.88. The number of carbonyl (C=O) groups excluding carboxylic acids is 2. The lowest BCUT2D eigenvalue weighted by Gasteiger charge is -2.30. The van der Waals surface area contributed by atoms with E-state index in [2.05, 4.69) is 0 Å². The molecule has 6 nitrogen and oxygen atoms in total. The lowest BCUT2D eigenvalue weighted by Crippen LogP contribution is -2.33. The Labute approximate surface area is 147 Å². The van der Waals surface area contributed by atoms with Gasteiger partial charge < -0.3 is 20.4 Å². The molecule has 6 heteroatoms. The molecular formula is C20H14O6.